The predicted molar refractivity (Wildman–Crippen MR) is 144 cm³/mol. The van der Waals surface area contributed by atoms with Crippen LogP contribution in [0.25, 0.3) is 0 Å². The number of anilines is 1. The smallest absolute Gasteiger partial charge is 0.264 e. The molecule has 0 fully saturated rings. The van der Waals surface area contributed by atoms with Crippen molar-refractivity contribution in [1.82, 2.24) is 5.43 Å². The van der Waals surface area contributed by atoms with Crippen LogP contribution in [0, 0.1) is 6.92 Å². The van der Waals surface area contributed by atoms with Crippen LogP contribution in [0.4, 0.5) is 5.69 Å². The van der Waals surface area contributed by atoms with Crippen molar-refractivity contribution < 1.29 is 17.9 Å². The average molecular weight is 508 g/mol. The van der Waals surface area contributed by atoms with E-state index in [9.17, 15) is 13.2 Å². The van der Waals surface area contributed by atoms with Crippen LogP contribution in [0.15, 0.2) is 82.8 Å². The normalized spacial score (nSPS) is 12.2. The number of hydrogen-bond acceptors (Lipinski definition) is 5. The van der Waals surface area contributed by atoms with Crippen molar-refractivity contribution in [3.05, 3.63) is 89.5 Å². The fourth-order valence-electron chi connectivity index (χ4n) is 3.49. The maximum atomic E-state index is 13.5. The number of carbonyl (C=O) groups excluding carboxylic acids is 1. The van der Waals surface area contributed by atoms with E-state index in [1.165, 1.54) is 24.8 Å². The van der Waals surface area contributed by atoms with Crippen molar-refractivity contribution in [3.8, 4) is 5.75 Å². The Morgan fingerprint density at radius 1 is 0.944 bits per heavy atom. The van der Waals surface area contributed by atoms with Gasteiger partial charge < -0.3 is 4.74 Å². The van der Waals surface area contributed by atoms with E-state index in [-0.39, 0.29) is 10.3 Å². The lowest BCUT2D eigenvalue weighted by Gasteiger charge is -2.24. The van der Waals surface area contributed by atoms with Crippen LogP contribution in [0.1, 0.15) is 44.4 Å². The van der Waals surface area contributed by atoms with E-state index in [1.807, 2.05) is 31.2 Å². The standard InChI is InChI=1S/C28H33N3O4S/c1-20-7-13-24(14-8-20)31(36(33,34)26-17-15-25(35-6)16-18-26)19-27(32)30-29-21(2)22-9-11-23(12-10-22)28(3,4)5/h7-18H,19H2,1-6H3,(H,30,32)/b29-21-. The lowest BCUT2D eigenvalue weighted by atomic mass is 9.86. The van der Waals surface area contributed by atoms with E-state index in [1.54, 1.807) is 43.3 Å². The highest BCUT2D eigenvalue weighted by Gasteiger charge is 2.27. The number of carbonyl (C=O) groups is 1. The highest BCUT2D eigenvalue weighted by Crippen LogP contribution is 2.26. The monoisotopic (exact) mass is 507 g/mol. The second-order valence-electron chi connectivity index (χ2n) is 9.58. The van der Waals surface area contributed by atoms with E-state index < -0.39 is 22.5 Å². The predicted octanol–water partition coefficient (Wildman–Crippen LogP) is 5.04. The summed E-state index contributed by atoms with van der Waals surface area (Å²) in [5.74, 6) is -0.0211. The van der Waals surface area contributed by atoms with Crippen LogP contribution >= 0.6 is 0 Å². The van der Waals surface area contributed by atoms with Gasteiger partial charge in [0.25, 0.3) is 15.9 Å². The van der Waals surface area contributed by atoms with Gasteiger partial charge in [0, 0.05) is 0 Å². The Bertz CT molecular complexity index is 1320. The van der Waals surface area contributed by atoms with E-state index in [2.05, 4.69) is 31.3 Å². The van der Waals surface area contributed by atoms with Gasteiger partial charge in [-0.1, -0.05) is 62.7 Å². The van der Waals surface area contributed by atoms with Gasteiger partial charge in [-0.15, -0.1) is 0 Å². The summed E-state index contributed by atoms with van der Waals surface area (Å²) in [5.41, 5.74) is 6.57. The van der Waals surface area contributed by atoms with E-state index in [4.69, 9.17) is 4.74 Å². The zero-order valence-electron chi connectivity index (χ0n) is 21.6. The minimum atomic E-state index is -4.03. The topological polar surface area (TPSA) is 88.1 Å². The molecule has 0 heterocycles. The van der Waals surface area contributed by atoms with E-state index >= 15 is 0 Å². The molecule has 0 aliphatic rings. The first kappa shape index (κ1) is 26.9. The highest BCUT2D eigenvalue weighted by atomic mass is 32.2. The zero-order valence-corrected chi connectivity index (χ0v) is 22.4. The van der Waals surface area contributed by atoms with Crippen molar-refractivity contribution >= 4 is 27.3 Å². The quantitative estimate of drug-likeness (QED) is 0.342. The number of amides is 1. The van der Waals surface area contributed by atoms with E-state index in [0.29, 0.717) is 17.1 Å². The third kappa shape index (κ3) is 6.51. The molecule has 36 heavy (non-hydrogen) atoms. The number of sulfonamides is 1. The summed E-state index contributed by atoms with van der Waals surface area (Å²) in [7, 11) is -2.52. The minimum Gasteiger partial charge on any atom is -0.497 e. The molecule has 0 saturated heterocycles. The third-order valence-corrected chi connectivity index (χ3v) is 7.56. The number of nitrogens with zero attached hydrogens (tertiary/aromatic N) is 2. The summed E-state index contributed by atoms with van der Waals surface area (Å²) in [6.45, 7) is 9.69. The van der Waals surface area contributed by atoms with Crippen LogP contribution in [0.3, 0.4) is 0 Å². The summed E-state index contributed by atoms with van der Waals surface area (Å²) in [6.07, 6.45) is 0. The molecule has 0 aliphatic heterocycles. The number of methoxy groups -OCH3 is 1. The number of ether oxygens (including phenoxy) is 1. The molecule has 7 nitrogen and oxygen atoms in total. The number of hydrogen-bond donors (Lipinski definition) is 1. The molecule has 0 aromatic heterocycles. The maximum absolute atomic E-state index is 13.5. The Labute approximate surface area is 213 Å². The van der Waals surface area contributed by atoms with Gasteiger partial charge in [-0.3, -0.25) is 9.10 Å². The first-order valence-corrected chi connectivity index (χ1v) is 13.0. The summed E-state index contributed by atoms with van der Waals surface area (Å²) in [5, 5.41) is 4.20. The second-order valence-corrected chi connectivity index (χ2v) is 11.4. The molecule has 0 unspecified atom stereocenters. The first-order valence-electron chi connectivity index (χ1n) is 11.6. The molecule has 0 aliphatic carbocycles. The molecule has 190 valence electrons. The molecule has 8 heteroatoms. The van der Waals surface area contributed by atoms with Gasteiger partial charge in [0.1, 0.15) is 12.3 Å². The molecule has 3 aromatic rings. The van der Waals surface area contributed by atoms with Crippen molar-refractivity contribution in [1.29, 1.82) is 0 Å². The van der Waals surface area contributed by atoms with Gasteiger partial charge >= 0.3 is 0 Å². The number of nitrogens with one attached hydrogen (secondary N) is 1. The van der Waals surface area contributed by atoms with Gasteiger partial charge in [0.2, 0.25) is 0 Å². The SMILES string of the molecule is COc1ccc(S(=O)(=O)N(CC(=O)N/N=C(/C)c2ccc(C(C)(C)C)cc2)c2ccc(C)cc2)cc1. The molecule has 3 rings (SSSR count). The number of hydrazone groups is 1. The Hall–Kier alpha value is -3.65. The molecule has 0 saturated carbocycles. The van der Waals surface area contributed by atoms with Crippen molar-refractivity contribution in [2.45, 2.75) is 44.9 Å². The molecular weight excluding hydrogens is 474 g/mol. The van der Waals surface area contributed by atoms with Crippen LogP contribution in [0.2, 0.25) is 0 Å². The lowest BCUT2D eigenvalue weighted by Crippen LogP contribution is -2.39. The Morgan fingerprint density at radius 3 is 2.06 bits per heavy atom. The number of rotatable bonds is 8. The molecule has 3 aromatic carbocycles. The second kappa shape index (κ2) is 11.0. The fourth-order valence-corrected chi connectivity index (χ4v) is 4.91. The van der Waals surface area contributed by atoms with E-state index in [0.717, 1.165) is 15.4 Å². The van der Waals surface area contributed by atoms with Gasteiger partial charge in [-0.25, -0.2) is 13.8 Å². The van der Waals surface area contributed by atoms with Crippen molar-refractivity contribution in [2.24, 2.45) is 5.10 Å². The molecule has 1 amide bonds. The summed E-state index contributed by atoms with van der Waals surface area (Å²) in [4.78, 5) is 12.9. The van der Waals surface area contributed by atoms with Gasteiger partial charge in [0.05, 0.1) is 23.4 Å². The molecule has 0 spiro atoms. The third-order valence-electron chi connectivity index (χ3n) is 5.77. The molecule has 0 radical (unpaired) electrons. The van der Waals surface area contributed by atoms with Gasteiger partial charge in [0.15, 0.2) is 0 Å². The summed E-state index contributed by atoms with van der Waals surface area (Å²) < 4.78 is 33.2. The van der Waals surface area contributed by atoms with Crippen LogP contribution in [-0.4, -0.2) is 33.7 Å². The zero-order chi connectivity index (χ0) is 26.5. The van der Waals surface area contributed by atoms with Crippen LogP contribution < -0.4 is 14.5 Å². The molecule has 0 bridgehead atoms. The first-order chi connectivity index (χ1) is 16.9. The Kier molecular flexibility index (Phi) is 8.20. The minimum absolute atomic E-state index is 0.0343. The number of aryl methyl sites for hydroxylation is 1. The summed E-state index contributed by atoms with van der Waals surface area (Å²) >= 11 is 0. The van der Waals surface area contributed by atoms with Crippen molar-refractivity contribution in [2.75, 3.05) is 18.0 Å². The van der Waals surface area contributed by atoms with Crippen molar-refractivity contribution in [3.63, 3.8) is 0 Å². The average Bonchev–Trinajstić information content (AvgIpc) is 2.86. The van der Waals surface area contributed by atoms with Crippen LogP contribution in [0.5, 0.6) is 5.75 Å². The Balaban J connectivity index is 1.83. The largest absolute Gasteiger partial charge is 0.497 e. The highest BCUT2D eigenvalue weighted by molar-refractivity contribution is 7.92. The molecular formula is C28H33N3O4S. The fraction of sp³-hybridized carbons (Fsp3) is 0.286. The van der Waals surface area contributed by atoms with Gasteiger partial charge in [-0.2, -0.15) is 5.10 Å². The van der Waals surface area contributed by atoms with Crippen LogP contribution in [-0.2, 0) is 20.2 Å². The maximum Gasteiger partial charge on any atom is 0.264 e. The Morgan fingerprint density at radius 2 is 1.53 bits per heavy atom. The number of benzene rings is 3. The summed E-state index contributed by atoms with van der Waals surface area (Å²) in [6, 6.07) is 21.0. The molecule has 1 N–H and O–H groups in total. The molecule has 0 atom stereocenters. The lowest BCUT2D eigenvalue weighted by molar-refractivity contribution is -0.119. The van der Waals surface area contributed by atoms with Gasteiger partial charge in [-0.05, 0) is 66.8 Å².